The van der Waals surface area contributed by atoms with E-state index in [9.17, 15) is 0 Å². The average molecular weight is 230 g/mol. The van der Waals surface area contributed by atoms with Gasteiger partial charge in [-0.15, -0.1) is 0 Å². The van der Waals surface area contributed by atoms with Crippen LogP contribution in [-0.4, -0.2) is 7.05 Å². The molecule has 0 saturated carbocycles. The molecule has 4 heteroatoms. The first kappa shape index (κ1) is 9.84. The molecule has 0 saturated heterocycles. The maximum atomic E-state index is 5.99. The van der Waals surface area contributed by atoms with E-state index in [1.807, 2.05) is 19.2 Å². The van der Waals surface area contributed by atoms with Crippen molar-refractivity contribution in [3.8, 4) is 0 Å². The number of fused-ring (bicyclic) bond motifs is 1. The van der Waals surface area contributed by atoms with Crippen LogP contribution >= 0.6 is 23.2 Å². The van der Waals surface area contributed by atoms with Crippen molar-refractivity contribution >= 4 is 34.2 Å². The lowest BCUT2D eigenvalue weighted by Crippen LogP contribution is -2.03. The number of hydrogen-bond acceptors (Lipinski definition) is 2. The summed E-state index contributed by atoms with van der Waals surface area (Å²) < 4.78 is 5.54. The molecular weight excluding hydrogens is 221 g/mol. The molecule has 0 amide bonds. The van der Waals surface area contributed by atoms with Crippen LogP contribution < -0.4 is 5.32 Å². The highest BCUT2D eigenvalue weighted by Gasteiger charge is 2.09. The van der Waals surface area contributed by atoms with Gasteiger partial charge in [-0.05, 0) is 25.2 Å². The third kappa shape index (κ3) is 1.61. The molecule has 0 atom stereocenters. The molecule has 74 valence electrons. The second kappa shape index (κ2) is 3.81. The summed E-state index contributed by atoms with van der Waals surface area (Å²) in [7, 11) is 1.86. The minimum Gasteiger partial charge on any atom is -0.458 e. The van der Waals surface area contributed by atoms with Gasteiger partial charge in [-0.25, -0.2) is 0 Å². The van der Waals surface area contributed by atoms with Crippen LogP contribution in [0.15, 0.2) is 22.6 Å². The fourth-order valence-electron chi connectivity index (χ4n) is 1.36. The molecule has 0 unspecified atom stereocenters. The summed E-state index contributed by atoms with van der Waals surface area (Å²) in [4.78, 5) is 0. The van der Waals surface area contributed by atoms with Gasteiger partial charge in [-0.1, -0.05) is 23.2 Å². The molecule has 1 heterocycles. The number of hydrogen-bond donors (Lipinski definition) is 1. The van der Waals surface area contributed by atoms with E-state index in [1.165, 1.54) is 0 Å². The number of nitrogens with one attached hydrogen (secondary N) is 1. The van der Waals surface area contributed by atoms with E-state index in [4.69, 9.17) is 27.6 Å². The summed E-state index contributed by atoms with van der Waals surface area (Å²) in [6.07, 6.45) is 0. The molecule has 1 N–H and O–H groups in total. The summed E-state index contributed by atoms with van der Waals surface area (Å²) in [6.45, 7) is 0.683. The van der Waals surface area contributed by atoms with E-state index in [0.717, 1.165) is 11.1 Å². The Balaban J connectivity index is 2.59. The lowest BCUT2D eigenvalue weighted by molar-refractivity contribution is 0.531. The van der Waals surface area contributed by atoms with Gasteiger partial charge in [0.15, 0.2) is 5.58 Å². The van der Waals surface area contributed by atoms with Gasteiger partial charge >= 0.3 is 0 Å². The molecule has 0 aliphatic heterocycles. The highest BCUT2D eigenvalue weighted by atomic mass is 35.5. The molecule has 0 aliphatic carbocycles. The third-order valence-electron chi connectivity index (χ3n) is 1.98. The Morgan fingerprint density at radius 2 is 2.14 bits per heavy atom. The smallest absolute Gasteiger partial charge is 0.154 e. The second-order valence-corrected chi connectivity index (χ2v) is 3.81. The zero-order valence-corrected chi connectivity index (χ0v) is 9.12. The van der Waals surface area contributed by atoms with Crippen molar-refractivity contribution in [2.75, 3.05) is 7.05 Å². The molecule has 0 aliphatic rings. The maximum absolute atomic E-state index is 5.99. The number of furan rings is 1. The van der Waals surface area contributed by atoms with Crippen LogP contribution in [0.25, 0.3) is 11.0 Å². The Labute approximate surface area is 91.8 Å². The van der Waals surface area contributed by atoms with E-state index in [-0.39, 0.29) is 0 Å². The van der Waals surface area contributed by atoms with Crippen molar-refractivity contribution < 1.29 is 4.42 Å². The first-order valence-corrected chi connectivity index (χ1v) is 4.99. The molecule has 0 bridgehead atoms. The van der Waals surface area contributed by atoms with Crippen molar-refractivity contribution in [3.63, 3.8) is 0 Å². The number of benzene rings is 1. The third-order valence-corrected chi connectivity index (χ3v) is 2.77. The fraction of sp³-hybridized carbons (Fsp3) is 0.200. The van der Waals surface area contributed by atoms with Crippen molar-refractivity contribution in [2.24, 2.45) is 0 Å². The predicted octanol–water partition coefficient (Wildman–Crippen LogP) is 3.46. The highest BCUT2D eigenvalue weighted by molar-refractivity contribution is 6.44. The van der Waals surface area contributed by atoms with Crippen LogP contribution in [0.3, 0.4) is 0 Å². The Kier molecular flexibility index (Phi) is 2.68. The molecule has 0 spiro atoms. The number of rotatable bonds is 2. The van der Waals surface area contributed by atoms with E-state index < -0.39 is 0 Å². The van der Waals surface area contributed by atoms with Crippen LogP contribution in [0.2, 0.25) is 10.0 Å². The van der Waals surface area contributed by atoms with Crippen LogP contribution in [0.5, 0.6) is 0 Å². The summed E-state index contributed by atoms with van der Waals surface area (Å²) in [5.74, 6) is 0.853. The molecule has 14 heavy (non-hydrogen) atoms. The standard InChI is InChI=1S/C10H9Cl2NO/c1-13-5-7-4-6-2-3-8(11)9(12)10(6)14-7/h2-4,13H,5H2,1H3. The molecule has 1 aromatic heterocycles. The molecule has 1 aromatic carbocycles. The van der Waals surface area contributed by atoms with Crippen LogP contribution in [0.4, 0.5) is 0 Å². The van der Waals surface area contributed by atoms with Crippen LogP contribution in [-0.2, 0) is 6.54 Å². The lowest BCUT2D eigenvalue weighted by atomic mass is 10.2. The Morgan fingerprint density at radius 1 is 1.36 bits per heavy atom. The Bertz CT molecular complexity index is 464. The van der Waals surface area contributed by atoms with Gasteiger partial charge in [0.25, 0.3) is 0 Å². The summed E-state index contributed by atoms with van der Waals surface area (Å²) in [6, 6.07) is 5.62. The first-order chi connectivity index (χ1) is 6.72. The normalized spacial score (nSPS) is 11.1. The molecule has 0 fully saturated rings. The summed E-state index contributed by atoms with van der Waals surface area (Å²) in [5.41, 5.74) is 0.657. The van der Waals surface area contributed by atoms with Crippen molar-refractivity contribution in [1.29, 1.82) is 0 Å². The van der Waals surface area contributed by atoms with Gasteiger partial charge in [0.2, 0.25) is 0 Å². The molecule has 2 nitrogen and oxygen atoms in total. The van der Waals surface area contributed by atoms with Crippen LogP contribution in [0.1, 0.15) is 5.76 Å². The maximum Gasteiger partial charge on any atom is 0.154 e. The van der Waals surface area contributed by atoms with E-state index in [0.29, 0.717) is 22.2 Å². The van der Waals surface area contributed by atoms with Gasteiger partial charge in [0.1, 0.15) is 10.8 Å². The van der Waals surface area contributed by atoms with Crippen molar-refractivity contribution in [2.45, 2.75) is 6.54 Å². The summed E-state index contributed by atoms with van der Waals surface area (Å²) in [5, 5.41) is 4.98. The Morgan fingerprint density at radius 3 is 2.86 bits per heavy atom. The molecule has 0 radical (unpaired) electrons. The quantitative estimate of drug-likeness (QED) is 0.854. The van der Waals surface area contributed by atoms with Crippen molar-refractivity contribution in [3.05, 3.63) is 34.0 Å². The van der Waals surface area contributed by atoms with E-state index in [1.54, 1.807) is 6.07 Å². The minimum atomic E-state index is 0.478. The first-order valence-electron chi connectivity index (χ1n) is 4.23. The predicted molar refractivity (Wildman–Crippen MR) is 59.0 cm³/mol. The lowest BCUT2D eigenvalue weighted by Gasteiger charge is -1.95. The molecule has 2 rings (SSSR count). The van der Waals surface area contributed by atoms with Crippen molar-refractivity contribution in [1.82, 2.24) is 5.32 Å². The number of halogens is 2. The second-order valence-electron chi connectivity index (χ2n) is 3.02. The van der Waals surface area contributed by atoms with Crippen LogP contribution in [0, 0.1) is 0 Å². The largest absolute Gasteiger partial charge is 0.458 e. The zero-order valence-electron chi connectivity index (χ0n) is 7.60. The van der Waals surface area contributed by atoms with E-state index in [2.05, 4.69) is 5.32 Å². The topological polar surface area (TPSA) is 25.2 Å². The monoisotopic (exact) mass is 229 g/mol. The van der Waals surface area contributed by atoms with E-state index >= 15 is 0 Å². The van der Waals surface area contributed by atoms with Gasteiger partial charge in [-0.3, -0.25) is 0 Å². The van der Waals surface area contributed by atoms with Gasteiger partial charge in [0.05, 0.1) is 11.6 Å². The summed E-state index contributed by atoms with van der Waals surface area (Å²) >= 11 is 11.9. The SMILES string of the molecule is CNCc1cc2ccc(Cl)c(Cl)c2o1. The Hall–Kier alpha value is -0.700. The molecular formula is C10H9Cl2NO. The fourth-order valence-corrected chi connectivity index (χ4v) is 1.72. The highest BCUT2D eigenvalue weighted by Crippen LogP contribution is 2.32. The zero-order chi connectivity index (χ0) is 10.1. The van der Waals surface area contributed by atoms with Gasteiger partial charge in [-0.2, -0.15) is 0 Å². The molecule has 2 aromatic rings. The van der Waals surface area contributed by atoms with Gasteiger partial charge in [0, 0.05) is 5.39 Å². The minimum absolute atomic E-state index is 0.478. The van der Waals surface area contributed by atoms with Gasteiger partial charge < -0.3 is 9.73 Å². The average Bonchev–Trinajstić information content (AvgIpc) is 2.56.